The fourth-order valence-corrected chi connectivity index (χ4v) is 2.62. The molecule has 0 unspecified atom stereocenters. The number of anilines is 2. The highest BCUT2D eigenvalue weighted by Crippen LogP contribution is 2.20. The van der Waals surface area contributed by atoms with E-state index in [1.807, 2.05) is 0 Å². The normalized spacial score (nSPS) is 10.3. The lowest BCUT2D eigenvalue weighted by molar-refractivity contribution is 0.0601. The van der Waals surface area contributed by atoms with Gasteiger partial charge in [-0.2, -0.15) is 0 Å². The molecular weight excluding hydrogens is 375 g/mol. The number of amides is 1. The summed E-state index contributed by atoms with van der Waals surface area (Å²) in [5.41, 5.74) is 2.28. The Balaban J connectivity index is 1.77. The van der Waals surface area contributed by atoms with Crippen LogP contribution in [0.1, 0.15) is 32.1 Å². The van der Waals surface area contributed by atoms with Crippen LogP contribution < -0.4 is 10.6 Å². The van der Waals surface area contributed by atoms with Gasteiger partial charge in [-0.1, -0.05) is 24.3 Å². The molecule has 0 aliphatic rings. The SMILES string of the molecule is COC(=O)c1ccccc1Nc1nc(C)cc(C(=O)NCc2ccc(F)cc2)n1. The van der Waals surface area contributed by atoms with Crippen LogP contribution in [0.5, 0.6) is 0 Å². The maximum absolute atomic E-state index is 13.0. The van der Waals surface area contributed by atoms with Gasteiger partial charge in [0, 0.05) is 12.2 Å². The molecule has 0 fully saturated rings. The minimum atomic E-state index is -0.502. The molecule has 1 heterocycles. The third kappa shape index (κ3) is 5.13. The molecule has 0 aliphatic carbocycles. The van der Waals surface area contributed by atoms with Crippen molar-refractivity contribution in [1.29, 1.82) is 0 Å². The summed E-state index contributed by atoms with van der Waals surface area (Å²) >= 11 is 0. The molecule has 29 heavy (non-hydrogen) atoms. The number of benzene rings is 2. The van der Waals surface area contributed by atoms with Crippen molar-refractivity contribution in [2.24, 2.45) is 0 Å². The third-order valence-corrected chi connectivity index (χ3v) is 4.03. The second-order valence-corrected chi connectivity index (χ2v) is 6.19. The summed E-state index contributed by atoms with van der Waals surface area (Å²) in [7, 11) is 1.30. The standard InChI is InChI=1S/C21H19FN4O3/c1-13-11-18(19(27)23-12-14-7-9-15(22)10-8-14)26-21(24-13)25-17-6-4-3-5-16(17)20(28)29-2/h3-11H,12H2,1-2H3,(H,23,27)(H,24,25,26). The fourth-order valence-electron chi connectivity index (χ4n) is 2.62. The molecule has 7 nitrogen and oxygen atoms in total. The van der Waals surface area contributed by atoms with Gasteiger partial charge in [-0.3, -0.25) is 4.79 Å². The van der Waals surface area contributed by atoms with Gasteiger partial charge in [-0.15, -0.1) is 0 Å². The molecule has 3 aromatic rings. The van der Waals surface area contributed by atoms with Crippen molar-refractivity contribution in [2.75, 3.05) is 12.4 Å². The lowest BCUT2D eigenvalue weighted by Gasteiger charge is -2.11. The number of carbonyl (C=O) groups excluding carboxylic acids is 2. The summed E-state index contributed by atoms with van der Waals surface area (Å²) < 4.78 is 17.8. The summed E-state index contributed by atoms with van der Waals surface area (Å²) in [6.45, 7) is 1.96. The van der Waals surface area contributed by atoms with E-state index in [0.717, 1.165) is 5.56 Å². The largest absolute Gasteiger partial charge is 0.465 e. The van der Waals surface area contributed by atoms with Gasteiger partial charge in [-0.25, -0.2) is 19.2 Å². The fraction of sp³-hybridized carbons (Fsp3) is 0.143. The van der Waals surface area contributed by atoms with E-state index in [2.05, 4.69) is 20.6 Å². The first-order valence-electron chi connectivity index (χ1n) is 8.79. The van der Waals surface area contributed by atoms with Crippen molar-refractivity contribution in [3.63, 3.8) is 0 Å². The molecule has 0 saturated carbocycles. The maximum Gasteiger partial charge on any atom is 0.339 e. The summed E-state index contributed by atoms with van der Waals surface area (Å²) in [5, 5.41) is 5.70. The van der Waals surface area contributed by atoms with E-state index in [9.17, 15) is 14.0 Å². The Labute approximate surface area is 167 Å². The molecule has 0 radical (unpaired) electrons. The Morgan fingerprint density at radius 3 is 2.52 bits per heavy atom. The Morgan fingerprint density at radius 2 is 1.79 bits per heavy atom. The number of esters is 1. The van der Waals surface area contributed by atoms with Crippen molar-refractivity contribution < 1.29 is 18.7 Å². The molecule has 3 rings (SSSR count). The highest BCUT2D eigenvalue weighted by molar-refractivity contribution is 5.96. The molecule has 2 aromatic carbocycles. The van der Waals surface area contributed by atoms with Crippen molar-refractivity contribution >= 4 is 23.5 Å². The Bertz CT molecular complexity index is 1040. The molecular formula is C21H19FN4O3. The lowest BCUT2D eigenvalue weighted by atomic mass is 10.2. The number of methoxy groups -OCH3 is 1. The first-order chi connectivity index (χ1) is 14.0. The first kappa shape index (κ1) is 19.9. The molecule has 2 N–H and O–H groups in total. The highest BCUT2D eigenvalue weighted by Gasteiger charge is 2.14. The topological polar surface area (TPSA) is 93.2 Å². The number of rotatable bonds is 6. The van der Waals surface area contributed by atoms with Gasteiger partial charge in [0.1, 0.15) is 11.5 Å². The first-order valence-corrected chi connectivity index (χ1v) is 8.79. The zero-order valence-electron chi connectivity index (χ0n) is 15.9. The number of nitrogens with one attached hydrogen (secondary N) is 2. The Kier molecular flexibility index (Phi) is 6.13. The van der Waals surface area contributed by atoms with Crippen LogP contribution in [0.15, 0.2) is 54.6 Å². The predicted molar refractivity (Wildman–Crippen MR) is 105 cm³/mol. The van der Waals surface area contributed by atoms with E-state index in [1.54, 1.807) is 49.4 Å². The van der Waals surface area contributed by atoms with Gasteiger partial charge in [-0.05, 0) is 42.8 Å². The van der Waals surface area contributed by atoms with Crippen molar-refractivity contribution in [3.8, 4) is 0 Å². The maximum atomic E-state index is 13.0. The number of hydrogen-bond acceptors (Lipinski definition) is 6. The summed E-state index contributed by atoms with van der Waals surface area (Å²) in [4.78, 5) is 32.9. The van der Waals surface area contributed by atoms with Crippen molar-refractivity contribution in [1.82, 2.24) is 15.3 Å². The van der Waals surface area contributed by atoms with E-state index in [1.165, 1.54) is 19.2 Å². The monoisotopic (exact) mass is 394 g/mol. The number of ether oxygens (including phenoxy) is 1. The van der Waals surface area contributed by atoms with Gasteiger partial charge in [0.25, 0.3) is 5.91 Å². The van der Waals surface area contributed by atoms with Crippen LogP contribution in [0, 0.1) is 12.7 Å². The number of nitrogens with zero attached hydrogens (tertiary/aromatic N) is 2. The zero-order valence-corrected chi connectivity index (χ0v) is 15.9. The smallest absolute Gasteiger partial charge is 0.339 e. The van der Waals surface area contributed by atoms with Gasteiger partial charge in [0.15, 0.2) is 0 Å². The molecule has 1 amide bonds. The van der Waals surface area contributed by atoms with Crippen LogP contribution in [-0.2, 0) is 11.3 Å². The number of carbonyl (C=O) groups is 2. The van der Waals surface area contributed by atoms with Crippen LogP contribution in [0.25, 0.3) is 0 Å². The van der Waals surface area contributed by atoms with Crippen LogP contribution in [-0.4, -0.2) is 29.0 Å². The minimum absolute atomic E-state index is 0.165. The lowest BCUT2D eigenvalue weighted by Crippen LogP contribution is -2.24. The molecule has 8 heteroatoms. The van der Waals surface area contributed by atoms with Crippen molar-refractivity contribution in [3.05, 3.63) is 82.9 Å². The summed E-state index contributed by atoms with van der Waals surface area (Å²) in [6.07, 6.45) is 0. The van der Waals surface area contributed by atoms with Gasteiger partial charge in [0.2, 0.25) is 5.95 Å². The van der Waals surface area contributed by atoms with Crippen LogP contribution in [0.4, 0.5) is 16.0 Å². The van der Waals surface area contributed by atoms with Crippen LogP contribution in [0.3, 0.4) is 0 Å². The van der Waals surface area contributed by atoms with E-state index >= 15 is 0 Å². The number of aryl methyl sites for hydroxylation is 1. The average molecular weight is 394 g/mol. The van der Waals surface area contributed by atoms with Crippen LogP contribution >= 0.6 is 0 Å². The average Bonchev–Trinajstić information content (AvgIpc) is 2.72. The van der Waals surface area contributed by atoms with E-state index in [0.29, 0.717) is 16.9 Å². The molecule has 0 aliphatic heterocycles. The Hall–Kier alpha value is -3.81. The number of halogens is 1. The minimum Gasteiger partial charge on any atom is -0.465 e. The number of hydrogen-bond donors (Lipinski definition) is 2. The molecule has 1 aromatic heterocycles. The quantitative estimate of drug-likeness (QED) is 0.623. The molecule has 0 bridgehead atoms. The van der Waals surface area contributed by atoms with Crippen LogP contribution in [0.2, 0.25) is 0 Å². The van der Waals surface area contributed by atoms with Crippen molar-refractivity contribution in [2.45, 2.75) is 13.5 Å². The second kappa shape index (κ2) is 8.92. The molecule has 148 valence electrons. The number of para-hydroxylation sites is 1. The second-order valence-electron chi connectivity index (χ2n) is 6.19. The Morgan fingerprint density at radius 1 is 1.07 bits per heavy atom. The van der Waals surface area contributed by atoms with E-state index < -0.39 is 11.9 Å². The zero-order chi connectivity index (χ0) is 20.8. The third-order valence-electron chi connectivity index (χ3n) is 4.03. The summed E-state index contributed by atoms with van der Waals surface area (Å²) in [6, 6.07) is 14.2. The van der Waals surface area contributed by atoms with Gasteiger partial charge < -0.3 is 15.4 Å². The summed E-state index contributed by atoms with van der Waals surface area (Å²) in [5.74, 6) is -1.06. The highest BCUT2D eigenvalue weighted by atomic mass is 19.1. The number of aromatic nitrogens is 2. The molecule has 0 atom stereocenters. The molecule has 0 saturated heterocycles. The predicted octanol–water partition coefficient (Wildman–Crippen LogP) is 3.38. The van der Waals surface area contributed by atoms with E-state index in [4.69, 9.17) is 4.74 Å². The van der Waals surface area contributed by atoms with Gasteiger partial charge >= 0.3 is 5.97 Å². The van der Waals surface area contributed by atoms with Gasteiger partial charge in [0.05, 0.1) is 18.4 Å². The van der Waals surface area contributed by atoms with E-state index in [-0.39, 0.29) is 24.0 Å². The molecule has 0 spiro atoms.